The van der Waals surface area contributed by atoms with Crippen LogP contribution in [0.3, 0.4) is 0 Å². The van der Waals surface area contributed by atoms with Crippen LogP contribution in [0.5, 0.6) is 0 Å². The predicted molar refractivity (Wildman–Crippen MR) is 62.5 cm³/mol. The van der Waals surface area contributed by atoms with E-state index in [9.17, 15) is 0 Å². The molecule has 2 nitrogen and oxygen atoms in total. The second-order valence-corrected chi connectivity index (χ2v) is 4.32. The van der Waals surface area contributed by atoms with Crippen LogP contribution in [0.15, 0.2) is 36.9 Å². The Kier molecular flexibility index (Phi) is 4.06. The van der Waals surface area contributed by atoms with Crippen molar-refractivity contribution in [2.75, 3.05) is 0 Å². The monoisotopic (exact) mass is 206 g/mol. The van der Waals surface area contributed by atoms with Gasteiger partial charge in [0.1, 0.15) is 0 Å². The van der Waals surface area contributed by atoms with Crippen LogP contribution < -0.4 is 0 Å². The van der Waals surface area contributed by atoms with Gasteiger partial charge in [0.25, 0.3) is 0 Å². The molecule has 15 heavy (non-hydrogen) atoms. The van der Waals surface area contributed by atoms with E-state index in [4.69, 9.17) is 5.26 Å². The summed E-state index contributed by atoms with van der Waals surface area (Å²) in [5.74, 6) is 0. The number of benzene rings is 1. The smallest absolute Gasteiger partial charge is 0.0980 e. The molecule has 1 rings (SSSR count). The van der Waals surface area contributed by atoms with Crippen LogP contribution in [-0.2, 0) is 4.89 Å². The molecule has 1 aromatic carbocycles. The Morgan fingerprint density at radius 2 is 1.93 bits per heavy atom. The second-order valence-electron chi connectivity index (χ2n) is 4.32. The molecule has 1 aromatic rings. The fraction of sp³-hybridized carbons (Fsp3) is 0.385. The molecular formula is C13H18O2. The number of rotatable bonds is 5. The molecule has 0 aromatic heterocycles. The van der Waals surface area contributed by atoms with Gasteiger partial charge < -0.3 is 0 Å². The highest BCUT2D eigenvalue weighted by molar-refractivity contribution is 5.63. The quantitative estimate of drug-likeness (QED) is 0.587. The van der Waals surface area contributed by atoms with Crippen LogP contribution in [0.4, 0.5) is 0 Å². The molecule has 0 aliphatic heterocycles. The maximum Gasteiger partial charge on any atom is 0.0980 e. The first-order chi connectivity index (χ1) is 7.05. The van der Waals surface area contributed by atoms with Gasteiger partial charge in [0, 0.05) is 0 Å². The van der Waals surface area contributed by atoms with Gasteiger partial charge in [0.2, 0.25) is 0 Å². The zero-order valence-electron chi connectivity index (χ0n) is 9.36. The van der Waals surface area contributed by atoms with Crippen molar-refractivity contribution in [1.29, 1.82) is 0 Å². The molecule has 2 heteroatoms. The van der Waals surface area contributed by atoms with Crippen LogP contribution in [0.2, 0.25) is 0 Å². The first-order valence-corrected chi connectivity index (χ1v) is 5.11. The van der Waals surface area contributed by atoms with Crippen LogP contribution in [0, 0.1) is 0 Å². The van der Waals surface area contributed by atoms with Gasteiger partial charge in [-0.3, -0.25) is 5.26 Å². The molecule has 0 saturated heterocycles. The zero-order chi connectivity index (χ0) is 11.3. The van der Waals surface area contributed by atoms with Crippen LogP contribution >= 0.6 is 0 Å². The Morgan fingerprint density at radius 1 is 1.33 bits per heavy atom. The Labute approximate surface area is 91.1 Å². The van der Waals surface area contributed by atoms with Gasteiger partial charge in [-0.2, -0.15) is 0 Å². The van der Waals surface area contributed by atoms with Gasteiger partial charge in [0.15, 0.2) is 0 Å². The molecular weight excluding hydrogens is 188 g/mol. The summed E-state index contributed by atoms with van der Waals surface area (Å²) in [6, 6.07) is 10.0. The molecule has 82 valence electrons. The fourth-order valence-corrected chi connectivity index (χ4v) is 1.32. The molecule has 0 saturated carbocycles. The lowest BCUT2D eigenvalue weighted by Crippen LogP contribution is -2.22. The molecule has 0 aliphatic rings. The van der Waals surface area contributed by atoms with E-state index >= 15 is 0 Å². The lowest BCUT2D eigenvalue weighted by atomic mass is 9.96. The van der Waals surface area contributed by atoms with Gasteiger partial charge in [-0.1, -0.05) is 36.9 Å². The summed E-state index contributed by atoms with van der Waals surface area (Å²) in [7, 11) is 0. The Balaban J connectivity index is 2.51. The summed E-state index contributed by atoms with van der Waals surface area (Å²) in [5.41, 5.74) is 1.71. The third kappa shape index (κ3) is 3.86. The van der Waals surface area contributed by atoms with Gasteiger partial charge in [-0.05, 0) is 37.8 Å². The number of allylic oxidation sites excluding steroid dienone is 1. The third-order valence-corrected chi connectivity index (χ3v) is 2.46. The van der Waals surface area contributed by atoms with E-state index in [-0.39, 0.29) is 0 Å². The van der Waals surface area contributed by atoms with Crippen LogP contribution in [0.25, 0.3) is 5.57 Å². The van der Waals surface area contributed by atoms with Crippen LogP contribution in [-0.4, -0.2) is 10.9 Å². The van der Waals surface area contributed by atoms with E-state index in [0.717, 1.165) is 24.0 Å². The maximum absolute atomic E-state index is 8.65. The maximum atomic E-state index is 8.65. The Morgan fingerprint density at radius 3 is 2.47 bits per heavy atom. The van der Waals surface area contributed by atoms with E-state index in [1.807, 2.05) is 44.2 Å². The standard InChI is InChI=1S/C13H18O2/c1-11(9-10-13(2,3)15-14)12-7-5-4-6-8-12/h4-8,14H,1,9-10H2,2-3H3. The van der Waals surface area contributed by atoms with Crippen molar-refractivity contribution in [3.05, 3.63) is 42.5 Å². The predicted octanol–water partition coefficient (Wildman–Crippen LogP) is 3.75. The number of hydrogen-bond acceptors (Lipinski definition) is 2. The minimum Gasteiger partial charge on any atom is -0.251 e. The minimum absolute atomic E-state index is 0.502. The summed E-state index contributed by atoms with van der Waals surface area (Å²) in [6.45, 7) is 7.73. The van der Waals surface area contributed by atoms with Gasteiger partial charge >= 0.3 is 0 Å². The summed E-state index contributed by atoms with van der Waals surface area (Å²) < 4.78 is 0. The molecule has 0 atom stereocenters. The molecule has 0 heterocycles. The fourth-order valence-electron chi connectivity index (χ4n) is 1.32. The topological polar surface area (TPSA) is 29.5 Å². The van der Waals surface area contributed by atoms with Gasteiger partial charge in [-0.15, -0.1) is 0 Å². The molecule has 0 radical (unpaired) electrons. The molecule has 0 aliphatic carbocycles. The summed E-state index contributed by atoms with van der Waals surface area (Å²) >= 11 is 0. The summed E-state index contributed by atoms with van der Waals surface area (Å²) in [5, 5.41) is 8.65. The number of hydrogen-bond donors (Lipinski definition) is 1. The highest BCUT2D eigenvalue weighted by Gasteiger charge is 2.18. The van der Waals surface area contributed by atoms with Gasteiger partial charge in [-0.25, -0.2) is 4.89 Å². The normalized spacial score (nSPS) is 11.4. The lowest BCUT2D eigenvalue weighted by molar-refractivity contribution is -0.313. The molecule has 0 spiro atoms. The first-order valence-electron chi connectivity index (χ1n) is 5.11. The first kappa shape index (κ1) is 12.0. The van der Waals surface area contributed by atoms with Crippen molar-refractivity contribution in [3.8, 4) is 0 Å². The molecule has 1 N–H and O–H groups in total. The van der Waals surface area contributed by atoms with E-state index in [1.165, 1.54) is 0 Å². The van der Waals surface area contributed by atoms with E-state index in [1.54, 1.807) is 0 Å². The third-order valence-electron chi connectivity index (χ3n) is 2.46. The largest absolute Gasteiger partial charge is 0.251 e. The molecule has 0 unspecified atom stereocenters. The van der Waals surface area contributed by atoms with Crippen molar-refractivity contribution in [3.63, 3.8) is 0 Å². The Bertz CT molecular complexity index is 315. The minimum atomic E-state index is -0.502. The van der Waals surface area contributed by atoms with Crippen molar-refractivity contribution < 1.29 is 10.1 Å². The molecule has 0 amide bonds. The van der Waals surface area contributed by atoms with E-state index in [2.05, 4.69) is 11.5 Å². The average molecular weight is 206 g/mol. The summed E-state index contributed by atoms with van der Waals surface area (Å²) in [4.78, 5) is 4.38. The zero-order valence-corrected chi connectivity index (χ0v) is 9.36. The van der Waals surface area contributed by atoms with Crippen molar-refractivity contribution in [1.82, 2.24) is 0 Å². The average Bonchev–Trinajstić information content (AvgIpc) is 2.27. The van der Waals surface area contributed by atoms with Crippen molar-refractivity contribution >= 4 is 5.57 Å². The highest BCUT2D eigenvalue weighted by atomic mass is 17.1. The van der Waals surface area contributed by atoms with E-state index in [0.29, 0.717) is 0 Å². The van der Waals surface area contributed by atoms with Gasteiger partial charge in [0.05, 0.1) is 5.60 Å². The van der Waals surface area contributed by atoms with Crippen molar-refractivity contribution in [2.45, 2.75) is 32.3 Å². The Hall–Kier alpha value is -1.12. The summed E-state index contributed by atoms with van der Waals surface area (Å²) in [6.07, 6.45) is 1.56. The van der Waals surface area contributed by atoms with E-state index < -0.39 is 5.60 Å². The molecule has 0 bridgehead atoms. The molecule has 0 fully saturated rings. The van der Waals surface area contributed by atoms with Crippen LogP contribution in [0.1, 0.15) is 32.3 Å². The highest BCUT2D eigenvalue weighted by Crippen LogP contribution is 2.23. The van der Waals surface area contributed by atoms with Crippen molar-refractivity contribution in [2.24, 2.45) is 0 Å². The SMILES string of the molecule is C=C(CCC(C)(C)OO)c1ccccc1. The second kappa shape index (κ2) is 5.10. The lowest BCUT2D eigenvalue weighted by Gasteiger charge is -2.20.